The van der Waals surface area contributed by atoms with E-state index >= 15 is 0 Å². The predicted molar refractivity (Wildman–Crippen MR) is 67.2 cm³/mol. The lowest BCUT2D eigenvalue weighted by molar-refractivity contribution is 0.285. The maximum absolute atomic E-state index is 3.63. The van der Waals surface area contributed by atoms with E-state index in [2.05, 4.69) is 38.0 Å². The molecule has 0 amide bonds. The van der Waals surface area contributed by atoms with Gasteiger partial charge >= 0.3 is 0 Å². The Labute approximate surface area is 95.4 Å². The molecule has 90 valence electrons. The first-order valence-corrected chi connectivity index (χ1v) is 6.45. The lowest BCUT2D eigenvalue weighted by Crippen LogP contribution is -2.35. The zero-order valence-electron chi connectivity index (χ0n) is 11.0. The highest BCUT2D eigenvalue weighted by Crippen LogP contribution is 2.27. The number of rotatable bonds is 6. The van der Waals surface area contributed by atoms with E-state index in [0.717, 1.165) is 0 Å². The summed E-state index contributed by atoms with van der Waals surface area (Å²) < 4.78 is 0. The Morgan fingerprint density at radius 2 is 2.07 bits per heavy atom. The van der Waals surface area contributed by atoms with Crippen LogP contribution in [0.5, 0.6) is 0 Å². The molecule has 1 rings (SSSR count). The van der Waals surface area contributed by atoms with Crippen molar-refractivity contribution in [3.05, 3.63) is 0 Å². The Bertz CT molecular complexity index is 177. The summed E-state index contributed by atoms with van der Waals surface area (Å²) in [7, 11) is 2.25. The van der Waals surface area contributed by atoms with Gasteiger partial charge in [0.2, 0.25) is 0 Å². The van der Waals surface area contributed by atoms with Gasteiger partial charge in [0.15, 0.2) is 0 Å². The Morgan fingerprint density at radius 1 is 1.33 bits per heavy atom. The quantitative estimate of drug-likeness (QED) is 0.681. The van der Waals surface area contributed by atoms with Gasteiger partial charge in [0.1, 0.15) is 0 Å². The summed E-state index contributed by atoms with van der Waals surface area (Å²) in [6.07, 6.45) is 5.37. The Balaban J connectivity index is 2.13. The van der Waals surface area contributed by atoms with Gasteiger partial charge in [-0.25, -0.2) is 0 Å². The van der Waals surface area contributed by atoms with Crippen molar-refractivity contribution in [1.82, 2.24) is 10.2 Å². The molecular weight excluding hydrogens is 184 g/mol. The summed E-state index contributed by atoms with van der Waals surface area (Å²) in [5.41, 5.74) is 0.509. The van der Waals surface area contributed by atoms with E-state index in [-0.39, 0.29) is 0 Å². The van der Waals surface area contributed by atoms with Crippen molar-refractivity contribution in [1.29, 1.82) is 0 Å². The smallest absolute Gasteiger partial charge is 0.0200 e. The molecule has 0 aromatic heterocycles. The van der Waals surface area contributed by atoms with Gasteiger partial charge in [-0.15, -0.1) is 0 Å². The molecule has 1 heterocycles. The minimum atomic E-state index is 0.509. The van der Waals surface area contributed by atoms with E-state index in [1.54, 1.807) is 0 Å². The predicted octanol–water partition coefficient (Wildman–Crippen LogP) is 2.50. The highest BCUT2D eigenvalue weighted by atomic mass is 15.1. The van der Waals surface area contributed by atoms with E-state index in [4.69, 9.17) is 0 Å². The molecule has 1 saturated heterocycles. The van der Waals surface area contributed by atoms with Crippen molar-refractivity contribution in [3.63, 3.8) is 0 Å². The van der Waals surface area contributed by atoms with Crippen LogP contribution in [0.4, 0.5) is 0 Å². The third-order valence-corrected chi connectivity index (χ3v) is 3.34. The van der Waals surface area contributed by atoms with Crippen molar-refractivity contribution < 1.29 is 0 Å². The Morgan fingerprint density at radius 3 is 2.60 bits per heavy atom. The van der Waals surface area contributed by atoms with Gasteiger partial charge < -0.3 is 10.2 Å². The van der Waals surface area contributed by atoms with Gasteiger partial charge in [-0.2, -0.15) is 0 Å². The molecule has 2 heteroatoms. The van der Waals surface area contributed by atoms with Gasteiger partial charge in [0.25, 0.3) is 0 Å². The molecule has 1 atom stereocenters. The summed E-state index contributed by atoms with van der Waals surface area (Å²) in [6.45, 7) is 10.6. The normalized spacial score (nSPS) is 25.0. The van der Waals surface area contributed by atoms with Crippen LogP contribution in [0.15, 0.2) is 0 Å². The van der Waals surface area contributed by atoms with Crippen LogP contribution < -0.4 is 5.32 Å². The van der Waals surface area contributed by atoms with Crippen molar-refractivity contribution in [3.8, 4) is 0 Å². The van der Waals surface area contributed by atoms with Crippen LogP contribution in [0.25, 0.3) is 0 Å². The Kier molecular flexibility index (Phi) is 5.07. The fourth-order valence-electron chi connectivity index (χ4n) is 2.46. The molecule has 1 unspecified atom stereocenters. The van der Waals surface area contributed by atoms with Crippen LogP contribution in [0.2, 0.25) is 0 Å². The molecule has 1 N–H and O–H groups in total. The molecule has 2 nitrogen and oxygen atoms in total. The van der Waals surface area contributed by atoms with E-state index in [1.807, 2.05) is 0 Å². The molecule has 0 aromatic rings. The van der Waals surface area contributed by atoms with Crippen LogP contribution in [-0.4, -0.2) is 37.6 Å². The van der Waals surface area contributed by atoms with E-state index in [9.17, 15) is 0 Å². The van der Waals surface area contributed by atoms with E-state index < -0.39 is 0 Å². The first kappa shape index (κ1) is 13.0. The number of unbranched alkanes of at least 4 members (excludes halogenated alkanes) is 2. The number of hydrogen-bond donors (Lipinski definition) is 1. The molecule has 0 aliphatic carbocycles. The zero-order valence-corrected chi connectivity index (χ0v) is 11.0. The van der Waals surface area contributed by atoms with Gasteiger partial charge in [-0.1, -0.05) is 33.6 Å². The van der Waals surface area contributed by atoms with Crippen molar-refractivity contribution in [2.45, 2.75) is 52.5 Å². The topological polar surface area (TPSA) is 15.3 Å². The highest BCUT2D eigenvalue weighted by molar-refractivity contribution is 4.88. The molecule has 0 bridgehead atoms. The maximum Gasteiger partial charge on any atom is 0.0200 e. The van der Waals surface area contributed by atoms with Crippen LogP contribution in [0.1, 0.15) is 46.5 Å². The number of nitrogens with one attached hydrogen (secondary N) is 1. The molecule has 0 aromatic carbocycles. The average molecular weight is 212 g/mol. The number of nitrogens with zero attached hydrogens (tertiary/aromatic N) is 1. The summed E-state index contributed by atoms with van der Waals surface area (Å²) in [5, 5.41) is 3.63. The average Bonchev–Trinajstić information content (AvgIpc) is 2.46. The third kappa shape index (κ3) is 4.98. The minimum absolute atomic E-state index is 0.509. The first-order valence-electron chi connectivity index (χ1n) is 6.45. The largest absolute Gasteiger partial charge is 0.312 e. The molecule has 15 heavy (non-hydrogen) atoms. The SMILES string of the molecule is CCCCCN(C)CC1CC(C)(C)CN1. The zero-order chi connectivity index (χ0) is 11.3. The summed E-state index contributed by atoms with van der Waals surface area (Å²) in [4.78, 5) is 2.48. The molecule has 1 aliphatic heterocycles. The van der Waals surface area contributed by atoms with Crippen LogP contribution >= 0.6 is 0 Å². The lowest BCUT2D eigenvalue weighted by atomic mass is 9.90. The molecule has 1 fully saturated rings. The van der Waals surface area contributed by atoms with Crippen LogP contribution in [0, 0.1) is 5.41 Å². The van der Waals surface area contributed by atoms with Gasteiger partial charge in [-0.3, -0.25) is 0 Å². The first-order chi connectivity index (χ1) is 7.03. The maximum atomic E-state index is 3.63. The fourth-order valence-corrected chi connectivity index (χ4v) is 2.46. The molecule has 0 spiro atoms. The lowest BCUT2D eigenvalue weighted by Gasteiger charge is -2.21. The number of hydrogen-bond acceptors (Lipinski definition) is 2. The third-order valence-electron chi connectivity index (χ3n) is 3.34. The summed E-state index contributed by atoms with van der Waals surface area (Å²) in [5.74, 6) is 0. The Hall–Kier alpha value is -0.0800. The van der Waals surface area contributed by atoms with Crippen LogP contribution in [0.3, 0.4) is 0 Å². The van der Waals surface area contributed by atoms with Crippen molar-refractivity contribution >= 4 is 0 Å². The summed E-state index contributed by atoms with van der Waals surface area (Å²) in [6, 6.07) is 0.714. The standard InChI is InChI=1S/C13H28N2/c1-5-6-7-8-15(4)10-12-9-13(2,3)11-14-12/h12,14H,5-11H2,1-4H3. The minimum Gasteiger partial charge on any atom is -0.312 e. The molecule has 0 radical (unpaired) electrons. The fraction of sp³-hybridized carbons (Fsp3) is 1.00. The monoisotopic (exact) mass is 212 g/mol. The van der Waals surface area contributed by atoms with E-state index in [1.165, 1.54) is 45.3 Å². The number of likely N-dealkylation sites (N-methyl/N-ethyl adjacent to an activating group) is 1. The molecular formula is C13H28N2. The summed E-state index contributed by atoms with van der Waals surface area (Å²) >= 11 is 0. The van der Waals surface area contributed by atoms with Gasteiger partial charge in [0.05, 0.1) is 0 Å². The van der Waals surface area contributed by atoms with Gasteiger partial charge in [0, 0.05) is 19.1 Å². The highest BCUT2D eigenvalue weighted by Gasteiger charge is 2.30. The van der Waals surface area contributed by atoms with E-state index in [0.29, 0.717) is 11.5 Å². The second-order valence-electron chi connectivity index (χ2n) is 5.92. The van der Waals surface area contributed by atoms with Gasteiger partial charge in [-0.05, 0) is 31.8 Å². The van der Waals surface area contributed by atoms with Crippen molar-refractivity contribution in [2.24, 2.45) is 5.41 Å². The molecule has 1 aliphatic rings. The molecule has 0 saturated carbocycles. The second kappa shape index (κ2) is 5.86. The van der Waals surface area contributed by atoms with Crippen molar-refractivity contribution in [2.75, 3.05) is 26.7 Å². The van der Waals surface area contributed by atoms with Crippen LogP contribution in [-0.2, 0) is 0 Å². The second-order valence-corrected chi connectivity index (χ2v) is 5.92.